The van der Waals surface area contributed by atoms with Crippen LogP contribution in [0.3, 0.4) is 0 Å². The average molecular weight is 520 g/mol. The van der Waals surface area contributed by atoms with Gasteiger partial charge in [-0.25, -0.2) is 0 Å². The topological polar surface area (TPSA) is 41.6 Å². The maximum Gasteiger partial charge on any atom is 0.471 e. The first kappa shape index (κ1) is 24.5. The highest BCUT2D eigenvalue weighted by molar-refractivity contribution is 6.35. The first-order valence-corrected chi connectivity index (χ1v) is 9.64. The van der Waals surface area contributed by atoms with Crippen LogP contribution in [0.4, 0.5) is 32.0 Å². The largest absolute Gasteiger partial charge is 0.471 e. The molecule has 2 aromatic rings. The molecular weight excluding hydrogens is 509 g/mol. The van der Waals surface area contributed by atoms with Crippen LogP contribution in [-0.4, -0.2) is 25.3 Å². The van der Waals surface area contributed by atoms with Gasteiger partial charge in [-0.3, -0.25) is 15.1 Å². The maximum atomic E-state index is 14.1. The Labute approximate surface area is 192 Å². The van der Waals surface area contributed by atoms with E-state index in [0.29, 0.717) is 6.08 Å². The van der Waals surface area contributed by atoms with Crippen LogP contribution in [0.1, 0.15) is 11.1 Å². The fraction of sp³-hybridized carbons (Fsp3) is 0.211. The van der Waals surface area contributed by atoms with Crippen molar-refractivity contribution < 1.29 is 36.0 Å². The van der Waals surface area contributed by atoms with Crippen molar-refractivity contribution in [3.05, 3.63) is 68.7 Å². The van der Waals surface area contributed by atoms with Crippen molar-refractivity contribution in [1.82, 2.24) is 5.48 Å². The summed E-state index contributed by atoms with van der Waals surface area (Å²) in [6.45, 7) is 0. The Morgan fingerprint density at radius 3 is 2.12 bits per heavy atom. The quantitative estimate of drug-likeness (QED) is 0.471. The summed E-state index contributed by atoms with van der Waals surface area (Å²) in [5, 5.41) is -0.359. The molecule has 0 spiro atoms. The number of carbonyl (C=O) groups excluding carboxylic acids is 1. The molecule has 1 aliphatic rings. The minimum Gasteiger partial charge on any atom is -0.306 e. The number of hydrogen-bond acceptors (Lipinski definition) is 3. The lowest BCUT2D eigenvalue weighted by molar-refractivity contribution is -0.269. The number of hydrogen-bond donors (Lipinski definition) is 1. The molecule has 0 saturated heterocycles. The van der Waals surface area contributed by atoms with Gasteiger partial charge in [0.15, 0.2) is 0 Å². The van der Waals surface area contributed by atoms with E-state index in [1.165, 1.54) is 12.1 Å². The van der Waals surface area contributed by atoms with Crippen molar-refractivity contribution in [3.63, 3.8) is 0 Å². The Morgan fingerprint density at radius 1 is 1.00 bits per heavy atom. The lowest BCUT2D eigenvalue weighted by atomic mass is 9.91. The van der Waals surface area contributed by atoms with E-state index < -0.39 is 29.4 Å². The van der Waals surface area contributed by atoms with Crippen molar-refractivity contribution in [3.8, 4) is 0 Å². The molecule has 1 aliphatic heterocycles. The molecule has 0 saturated carbocycles. The summed E-state index contributed by atoms with van der Waals surface area (Å²) in [7, 11) is 0.835. The van der Waals surface area contributed by atoms with E-state index in [9.17, 15) is 31.1 Å². The van der Waals surface area contributed by atoms with Gasteiger partial charge in [0.05, 0.1) is 16.4 Å². The zero-order valence-electron chi connectivity index (χ0n) is 15.7. The van der Waals surface area contributed by atoms with Gasteiger partial charge >= 0.3 is 18.3 Å². The standard InChI is InChI=1S/C19H11Cl3F6N2O2/c1-30(16(31)18(23,24)25)15-4-9(2-3-13(15)22)14-8-17(32-29-14,19(26,27)28)10-5-11(20)7-12(21)6-10/h2-8,29H,1H3. The third kappa shape index (κ3) is 4.50. The van der Waals surface area contributed by atoms with Gasteiger partial charge in [-0.2, -0.15) is 26.3 Å². The molecule has 0 radical (unpaired) electrons. The summed E-state index contributed by atoms with van der Waals surface area (Å²) < 4.78 is 80.5. The van der Waals surface area contributed by atoms with Crippen molar-refractivity contribution in [2.75, 3.05) is 11.9 Å². The summed E-state index contributed by atoms with van der Waals surface area (Å²) >= 11 is 17.6. The number of rotatable bonds is 3. The van der Waals surface area contributed by atoms with Crippen LogP contribution in [0, 0.1) is 0 Å². The predicted octanol–water partition coefficient (Wildman–Crippen LogP) is 6.51. The summed E-state index contributed by atoms with van der Waals surface area (Å²) in [4.78, 5) is 16.7. The normalized spacial score (nSPS) is 18.9. The third-order valence-electron chi connectivity index (χ3n) is 4.55. The zero-order chi connectivity index (χ0) is 24.1. The molecule has 0 aliphatic carbocycles. The molecule has 172 valence electrons. The van der Waals surface area contributed by atoms with E-state index >= 15 is 0 Å². The molecule has 13 heteroatoms. The van der Waals surface area contributed by atoms with Crippen LogP contribution in [0.5, 0.6) is 0 Å². The maximum absolute atomic E-state index is 14.1. The summed E-state index contributed by atoms with van der Waals surface area (Å²) in [5.41, 5.74) is -1.91. The Hall–Kier alpha value is -2.14. The number of amides is 1. The van der Waals surface area contributed by atoms with Crippen LogP contribution < -0.4 is 10.4 Å². The van der Waals surface area contributed by atoms with Gasteiger partial charge in [0.1, 0.15) is 0 Å². The molecule has 0 bridgehead atoms. The van der Waals surface area contributed by atoms with Crippen molar-refractivity contribution in [2.24, 2.45) is 0 Å². The van der Waals surface area contributed by atoms with E-state index in [1.54, 1.807) is 0 Å². The molecule has 32 heavy (non-hydrogen) atoms. The minimum atomic E-state index is -5.18. The van der Waals surface area contributed by atoms with Crippen molar-refractivity contribution in [2.45, 2.75) is 18.0 Å². The number of anilines is 1. The van der Waals surface area contributed by atoms with Crippen LogP contribution in [0.25, 0.3) is 5.70 Å². The van der Waals surface area contributed by atoms with Gasteiger partial charge in [0.2, 0.25) is 5.60 Å². The van der Waals surface area contributed by atoms with Crippen molar-refractivity contribution >= 4 is 52.1 Å². The van der Waals surface area contributed by atoms with E-state index in [2.05, 4.69) is 5.48 Å². The Balaban J connectivity index is 2.10. The second-order valence-electron chi connectivity index (χ2n) is 6.68. The zero-order valence-corrected chi connectivity index (χ0v) is 18.0. The number of hydroxylamine groups is 1. The number of carbonyl (C=O) groups is 1. The second kappa shape index (κ2) is 8.33. The lowest BCUT2D eigenvalue weighted by Gasteiger charge is -2.28. The van der Waals surface area contributed by atoms with Gasteiger partial charge in [-0.1, -0.05) is 40.9 Å². The first-order valence-electron chi connectivity index (χ1n) is 8.51. The highest BCUT2D eigenvalue weighted by Crippen LogP contribution is 2.48. The van der Waals surface area contributed by atoms with Crippen LogP contribution in [-0.2, 0) is 15.2 Å². The monoisotopic (exact) mass is 518 g/mol. The summed E-state index contributed by atoms with van der Waals surface area (Å²) in [6.07, 6.45) is -9.47. The molecule has 1 heterocycles. The average Bonchev–Trinajstić information content (AvgIpc) is 3.12. The molecule has 1 N–H and O–H groups in total. The third-order valence-corrected chi connectivity index (χ3v) is 5.30. The van der Waals surface area contributed by atoms with Crippen LogP contribution in [0.2, 0.25) is 15.1 Å². The number of halogens is 9. The lowest BCUT2D eigenvalue weighted by Crippen LogP contribution is -2.42. The predicted molar refractivity (Wildman–Crippen MR) is 107 cm³/mol. The van der Waals surface area contributed by atoms with Gasteiger partial charge in [-0.05, 0) is 36.4 Å². The second-order valence-corrected chi connectivity index (χ2v) is 7.96. The number of benzene rings is 2. The Bertz CT molecular complexity index is 1080. The molecule has 2 aromatic carbocycles. The smallest absolute Gasteiger partial charge is 0.306 e. The Morgan fingerprint density at radius 2 is 1.59 bits per heavy atom. The highest BCUT2D eigenvalue weighted by atomic mass is 35.5. The van der Waals surface area contributed by atoms with Gasteiger partial charge < -0.3 is 4.90 Å². The van der Waals surface area contributed by atoms with Gasteiger partial charge in [0, 0.05) is 28.2 Å². The summed E-state index contributed by atoms with van der Waals surface area (Å²) in [5.74, 6) is -2.21. The van der Waals surface area contributed by atoms with Crippen LogP contribution >= 0.6 is 34.8 Å². The SMILES string of the molecule is CN(C(=O)C(F)(F)F)c1cc(C2=CC(c3cc(Cl)cc(Cl)c3)(C(F)(F)F)ON2)ccc1Cl. The first-order chi connectivity index (χ1) is 14.7. The van der Waals surface area contributed by atoms with Gasteiger partial charge in [0.25, 0.3) is 0 Å². The molecule has 1 unspecified atom stereocenters. The van der Waals surface area contributed by atoms with E-state index in [4.69, 9.17) is 39.6 Å². The summed E-state index contributed by atoms with van der Waals surface area (Å²) in [6, 6.07) is 6.68. The molecule has 3 rings (SSSR count). The van der Waals surface area contributed by atoms with E-state index in [-0.39, 0.29) is 36.9 Å². The molecule has 1 atom stereocenters. The molecule has 1 amide bonds. The molecule has 0 fully saturated rings. The molecule has 4 nitrogen and oxygen atoms in total. The fourth-order valence-corrected chi connectivity index (χ4v) is 3.76. The van der Waals surface area contributed by atoms with Crippen molar-refractivity contribution in [1.29, 1.82) is 0 Å². The van der Waals surface area contributed by atoms with E-state index in [0.717, 1.165) is 31.3 Å². The number of nitrogens with zero attached hydrogens (tertiary/aromatic N) is 1. The fourth-order valence-electron chi connectivity index (χ4n) is 2.99. The molecule has 0 aromatic heterocycles. The van der Waals surface area contributed by atoms with Crippen LogP contribution in [0.15, 0.2) is 42.5 Å². The number of nitrogens with one attached hydrogen (secondary N) is 1. The minimum absolute atomic E-state index is 0.0227. The number of alkyl halides is 6. The molecular formula is C19H11Cl3F6N2O2. The Kier molecular flexibility index (Phi) is 6.38. The van der Waals surface area contributed by atoms with E-state index in [1.807, 2.05) is 0 Å². The highest BCUT2D eigenvalue weighted by Gasteiger charge is 2.59. The van der Waals surface area contributed by atoms with Gasteiger partial charge in [-0.15, -0.1) is 0 Å².